The van der Waals surface area contributed by atoms with Crippen molar-refractivity contribution in [3.63, 3.8) is 0 Å². The fraction of sp³-hybridized carbons (Fsp3) is 0.517. The van der Waals surface area contributed by atoms with E-state index in [2.05, 4.69) is 20.8 Å². The molecule has 0 radical (unpaired) electrons. The number of carboxylic acids is 1. The van der Waals surface area contributed by atoms with Crippen molar-refractivity contribution >= 4 is 12.1 Å². The summed E-state index contributed by atoms with van der Waals surface area (Å²) in [5.41, 5.74) is 3.91. The van der Waals surface area contributed by atoms with Gasteiger partial charge in [-0.3, -0.25) is 0 Å². The van der Waals surface area contributed by atoms with Crippen LogP contribution in [0.5, 0.6) is 11.5 Å². The average Bonchev–Trinajstić information content (AvgIpc) is 2.78. The molecular weight excluding hydrogens is 458 g/mol. The quantitative estimate of drug-likeness (QED) is 0.388. The van der Waals surface area contributed by atoms with E-state index in [4.69, 9.17) is 14.2 Å². The molecule has 0 aromatic heterocycles. The maximum atomic E-state index is 13.1. The predicted molar refractivity (Wildman–Crippen MR) is 141 cm³/mol. The lowest BCUT2D eigenvalue weighted by atomic mass is 9.92. The van der Waals surface area contributed by atoms with Crippen molar-refractivity contribution in [3.8, 4) is 11.5 Å². The van der Waals surface area contributed by atoms with Crippen LogP contribution in [0.15, 0.2) is 36.4 Å². The van der Waals surface area contributed by atoms with Gasteiger partial charge in [-0.05, 0) is 68.4 Å². The highest BCUT2D eigenvalue weighted by molar-refractivity contribution is 5.73. The van der Waals surface area contributed by atoms with E-state index in [0.717, 1.165) is 28.7 Å². The Kier molecular flexibility index (Phi) is 10.8. The first-order valence-electron chi connectivity index (χ1n) is 12.5. The van der Waals surface area contributed by atoms with Gasteiger partial charge in [0.25, 0.3) is 0 Å². The first kappa shape index (κ1) is 29.2. The van der Waals surface area contributed by atoms with Crippen LogP contribution >= 0.6 is 0 Å². The predicted octanol–water partition coefficient (Wildman–Crippen LogP) is 5.96. The van der Waals surface area contributed by atoms with Crippen molar-refractivity contribution in [3.05, 3.63) is 58.7 Å². The number of ether oxygens (including phenoxy) is 3. The smallest absolute Gasteiger partial charge is 0.415 e. The minimum Gasteiger partial charge on any atom is -0.492 e. The summed E-state index contributed by atoms with van der Waals surface area (Å²) in [6, 6.07) is 11.3. The average molecular weight is 500 g/mol. The number of aliphatic carboxylic acids is 1. The minimum absolute atomic E-state index is 0.0697. The molecule has 0 fully saturated rings. The summed E-state index contributed by atoms with van der Waals surface area (Å²) in [6.45, 7) is 15.7. The van der Waals surface area contributed by atoms with Crippen LogP contribution in [0.3, 0.4) is 0 Å². The monoisotopic (exact) mass is 499 g/mol. The molecule has 2 aromatic carbocycles. The SMILES string of the molecule is CCOC(Cc1ccc(OCCN(CCC(C)(C)C)C(=O)Oc2c(C)cc(C)cc2C)cc1)C(=O)O. The third kappa shape index (κ3) is 9.53. The third-order valence-corrected chi connectivity index (χ3v) is 5.80. The zero-order valence-corrected chi connectivity index (χ0v) is 22.7. The van der Waals surface area contributed by atoms with E-state index in [9.17, 15) is 14.7 Å². The Balaban J connectivity index is 2.01. The number of hydrogen-bond acceptors (Lipinski definition) is 5. The molecule has 2 aromatic rings. The Bertz CT molecular complexity index is 986. The van der Waals surface area contributed by atoms with Gasteiger partial charge in [0.05, 0.1) is 6.54 Å². The molecule has 198 valence electrons. The lowest BCUT2D eigenvalue weighted by Crippen LogP contribution is -2.39. The van der Waals surface area contributed by atoms with Crippen molar-refractivity contribution in [1.82, 2.24) is 4.90 Å². The number of nitrogens with zero attached hydrogens (tertiary/aromatic N) is 1. The number of aryl methyl sites for hydroxylation is 3. The van der Waals surface area contributed by atoms with Crippen LogP contribution in [-0.4, -0.2) is 54.5 Å². The van der Waals surface area contributed by atoms with Crippen molar-refractivity contribution in [2.24, 2.45) is 5.41 Å². The summed E-state index contributed by atoms with van der Waals surface area (Å²) in [4.78, 5) is 26.1. The second kappa shape index (κ2) is 13.3. The van der Waals surface area contributed by atoms with Gasteiger partial charge < -0.3 is 24.2 Å². The summed E-state index contributed by atoms with van der Waals surface area (Å²) in [5.74, 6) is 0.279. The van der Waals surface area contributed by atoms with Crippen LogP contribution in [0.25, 0.3) is 0 Å². The third-order valence-electron chi connectivity index (χ3n) is 5.80. The molecule has 0 aliphatic rings. The Morgan fingerprint density at radius 2 is 1.61 bits per heavy atom. The highest BCUT2D eigenvalue weighted by Crippen LogP contribution is 2.26. The van der Waals surface area contributed by atoms with E-state index in [1.165, 1.54) is 0 Å². The molecule has 0 spiro atoms. The van der Waals surface area contributed by atoms with Crippen LogP contribution in [0.1, 0.15) is 56.4 Å². The molecule has 0 heterocycles. The van der Waals surface area contributed by atoms with Gasteiger partial charge in [-0.25, -0.2) is 9.59 Å². The fourth-order valence-electron chi connectivity index (χ4n) is 3.87. The maximum absolute atomic E-state index is 13.1. The summed E-state index contributed by atoms with van der Waals surface area (Å²) < 4.78 is 17.0. The zero-order valence-electron chi connectivity index (χ0n) is 22.7. The van der Waals surface area contributed by atoms with Crippen LogP contribution in [0.2, 0.25) is 0 Å². The number of carboxylic acid groups (broad SMARTS) is 1. The van der Waals surface area contributed by atoms with Gasteiger partial charge in [-0.2, -0.15) is 0 Å². The lowest BCUT2D eigenvalue weighted by molar-refractivity contribution is -0.149. The summed E-state index contributed by atoms with van der Waals surface area (Å²) in [6.07, 6.45) is -0.144. The topological polar surface area (TPSA) is 85.3 Å². The molecule has 1 amide bonds. The van der Waals surface area contributed by atoms with Crippen molar-refractivity contribution in [2.75, 3.05) is 26.3 Å². The first-order valence-corrected chi connectivity index (χ1v) is 12.5. The normalized spacial score (nSPS) is 12.2. The summed E-state index contributed by atoms with van der Waals surface area (Å²) in [7, 11) is 0. The molecule has 0 bridgehead atoms. The van der Waals surface area contributed by atoms with Crippen molar-refractivity contribution < 1.29 is 28.9 Å². The number of carbonyl (C=O) groups excluding carboxylic acids is 1. The van der Waals surface area contributed by atoms with Gasteiger partial charge in [-0.1, -0.05) is 50.6 Å². The highest BCUT2D eigenvalue weighted by Gasteiger charge is 2.21. The second-order valence-electron chi connectivity index (χ2n) is 10.4. The van der Waals surface area contributed by atoms with Crippen molar-refractivity contribution in [2.45, 2.75) is 67.4 Å². The molecule has 1 N–H and O–H groups in total. The summed E-state index contributed by atoms with van der Waals surface area (Å²) >= 11 is 0. The van der Waals surface area contributed by atoms with Gasteiger partial charge in [0.15, 0.2) is 6.10 Å². The molecule has 7 nitrogen and oxygen atoms in total. The molecule has 36 heavy (non-hydrogen) atoms. The Morgan fingerprint density at radius 1 is 1.00 bits per heavy atom. The number of hydrogen-bond donors (Lipinski definition) is 1. The zero-order chi connectivity index (χ0) is 26.9. The Morgan fingerprint density at radius 3 is 2.14 bits per heavy atom. The largest absolute Gasteiger partial charge is 0.492 e. The summed E-state index contributed by atoms with van der Waals surface area (Å²) in [5, 5.41) is 9.27. The molecule has 7 heteroatoms. The van der Waals surface area contributed by atoms with Gasteiger partial charge in [0.1, 0.15) is 18.1 Å². The van der Waals surface area contributed by atoms with Gasteiger partial charge in [0.2, 0.25) is 0 Å². The van der Waals surface area contributed by atoms with E-state index in [0.29, 0.717) is 37.8 Å². The molecule has 0 aliphatic heterocycles. The molecule has 1 unspecified atom stereocenters. The standard InChI is InChI=1S/C29H41NO6/c1-8-34-25(27(31)32)19-23-9-11-24(12-10-23)35-16-15-30(14-13-29(5,6)7)28(33)36-26-21(3)17-20(2)18-22(26)4/h9-12,17-18,25H,8,13-16,19H2,1-7H3,(H,31,32). The Labute approximate surface area is 215 Å². The van der Waals surface area contributed by atoms with Crippen LogP contribution in [-0.2, 0) is 16.0 Å². The van der Waals surface area contributed by atoms with Gasteiger partial charge in [0, 0.05) is 19.6 Å². The number of amides is 1. The van der Waals surface area contributed by atoms with E-state index in [1.54, 1.807) is 24.0 Å². The number of carbonyl (C=O) groups is 2. The van der Waals surface area contributed by atoms with E-state index >= 15 is 0 Å². The molecule has 0 saturated heterocycles. The number of rotatable bonds is 12. The molecule has 2 rings (SSSR count). The van der Waals surface area contributed by atoms with Crippen LogP contribution in [0, 0.1) is 26.2 Å². The van der Waals surface area contributed by atoms with E-state index < -0.39 is 12.1 Å². The molecular formula is C29H41NO6. The van der Waals surface area contributed by atoms with Crippen LogP contribution < -0.4 is 9.47 Å². The fourth-order valence-corrected chi connectivity index (χ4v) is 3.87. The van der Waals surface area contributed by atoms with Crippen molar-refractivity contribution in [1.29, 1.82) is 0 Å². The minimum atomic E-state index is -0.976. The first-order chi connectivity index (χ1) is 16.9. The molecule has 0 aliphatic carbocycles. The number of benzene rings is 2. The Hall–Kier alpha value is -3.06. The molecule has 1 atom stereocenters. The maximum Gasteiger partial charge on any atom is 0.415 e. The van der Waals surface area contributed by atoms with Gasteiger partial charge >= 0.3 is 12.1 Å². The van der Waals surface area contributed by atoms with Crippen LogP contribution in [0.4, 0.5) is 4.79 Å². The second-order valence-corrected chi connectivity index (χ2v) is 10.4. The van der Waals surface area contributed by atoms with Gasteiger partial charge in [-0.15, -0.1) is 0 Å². The van der Waals surface area contributed by atoms with E-state index in [1.807, 2.05) is 45.0 Å². The highest BCUT2D eigenvalue weighted by atomic mass is 16.6. The lowest BCUT2D eigenvalue weighted by Gasteiger charge is -2.27. The molecule has 0 saturated carbocycles. The van der Waals surface area contributed by atoms with E-state index in [-0.39, 0.29) is 17.9 Å².